The lowest BCUT2D eigenvalue weighted by molar-refractivity contribution is -0.142. The van der Waals surface area contributed by atoms with Crippen molar-refractivity contribution in [2.75, 3.05) is 20.6 Å². The molecular weight excluding hydrogens is 196 g/mol. The topological polar surface area (TPSA) is 60.9 Å². The van der Waals surface area contributed by atoms with Gasteiger partial charge in [0.15, 0.2) is 0 Å². The van der Waals surface area contributed by atoms with Crippen LogP contribution >= 0.6 is 0 Å². The van der Waals surface area contributed by atoms with Gasteiger partial charge in [0.2, 0.25) is 0 Å². The normalized spacial score (nSPS) is 11.3. The maximum Gasteiger partial charge on any atom is 0.326 e. The molecule has 15 heavy (non-hydrogen) atoms. The zero-order valence-electron chi connectivity index (χ0n) is 9.23. The van der Waals surface area contributed by atoms with Crippen LogP contribution in [-0.2, 0) is 4.79 Å². The van der Waals surface area contributed by atoms with E-state index in [0.29, 0.717) is 6.42 Å². The molecule has 0 saturated carbocycles. The summed E-state index contributed by atoms with van der Waals surface area (Å²) >= 11 is 0. The summed E-state index contributed by atoms with van der Waals surface area (Å²) in [5.74, 6) is 1.31. The molecule has 0 aromatic carbocycles. The van der Waals surface area contributed by atoms with Crippen LogP contribution in [-0.4, -0.2) is 53.6 Å². The summed E-state index contributed by atoms with van der Waals surface area (Å²) in [5, 5.41) is 8.85. The molecule has 0 radical (unpaired) electrons. The van der Waals surface area contributed by atoms with Gasteiger partial charge in [0.1, 0.15) is 6.04 Å². The van der Waals surface area contributed by atoms with Crippen LogP contribution < -0.4 is 0 Å². The van der Waals surface area contributed by atoms with E-state index in [4.69, 9.17) is 11.5 Å². The van der Waals surface area contributed by atoms with Crippen LogP contribution in [0.2, 0.25) is 0 Å². The summed E-state index contributed by atoms with van der Waals surface area (Å²) < 4.78 is 0. The Kier molecular flexibility index (Phi) is 5.24. The fourth-order valence-electron chi connectivity index (χ4n) is 1.22. The fraction of sp³-hybridized carbons (Fsp3) is 0.600. The van der Waals surface area contributed by atoms with E-state index >= 15 is 0 Å². The summed E-state index contributed by atoms with van der Waals surface area (Å²) in [4.78, 5) is 24.9. The number of carboxylic acids is 1. The number of terminal acetylenes is 1. The largest absolute Gasteiger partial charge is 0.480 e. The molecule has 0 aromatic heterocycles. The molecular formula is C10H16N2O3. The third kappa shape index (κ3) is 3.50. The number of likely N-dealkylation sites (N-methyl/N-ethyl adjacent to an activating group) is 1. The van der Waals surface area contributed by atoms with Crippen molar-refractivity contribution >= 4 is 12.0 Å². The Labute approximate surface area is 89.7 Å². The van der Waals surface area contributed by atoms with Crippen molar-refractivity contribution in [1.29, 1.82) is 0 Å². The molecule has 0 spiro atoms. The summed E-state index contributed by atoms with van der Waals surface area (Å²) in [7, 11) is 2.99. The van der Waals surface area contributed by atoms with Gasteiger partial charge in [-0.15, -0.1) is 6.42 Å². The van der Waals surface area contributed by atoms with Gasteiger partial charge in [0.25, 0.3) is 0 Å². The Morgan fingerprint density at radius 1 is 1.47 bits per heavy atom. The van der Waals surface area contributed by atoms with Gasteiger partial charge >= 0.3 is 12.0 Å². The van der Waals surface area contributed by atoms with Crippen molar-refractivity contribution < 1.29 is 14.7 Å². The van der Waals surface area contributed by atoms with E-state index in [9.17, 15) is 9.59 Å². The summed E-state index contributed by atoms with van der Waals surface area (Å²) in [5.41, 5.74) is 0. The molecule has 0 aliphatic carbocycles. The van der Waals surface area contributed by atoms with Crippen LogP contribution in [0.4, 0.5) is 4.79 Å². The average molecular weight is 212 g/mol. The summed E-state index contributed by atoms with van der Waals surface area (Å²) in [6.07, 6.45) is 5.42. The van der Waals surface area contributed by atoms with Crippen LogP contribution in [0.1, 0.15) is 13.3 Å². The Morgan fingerprint density at radius 2 is 2.00 bits per heavy atom. The molecule has 0 rings (SSSR count). The number of amides is 2. The first-order valence-electron chi connectivity index (χ1n) is 4.59. The first kappa shape index (κ1) is 13.3. The Balaban J connectivity index is 4.55. The van der Waals surface area contributed by atoms with E-state index in [-0.39, 0.29) is 12.6 Å². The molecule has 0 saturated heterocycles. The van der Waals surface area contributed by atoms with Crippen LogP contribution in [0, 0.1) is 12.3 Å². The summed E-state index contributed by atoms with van der Waals surface area (Å²) in [6, 6.07) is -1.19. The smallest absolute Gasteiger partial charge is 0.326 e. The average Bonchev–Trinajstić information content (AvgIpc) is 2.17. The van der Waals surface area contributed by atoms with Gasteiger partial charge in [0.05, 0.1) is 6.54 Å². The summed E-state index contributed by atoms with van der Waals surface area (Å²) in [6.45, 7) is 1.88. The standard InChI is InChI=1S/C10H16N2O3/c1-5-7-11(3)10(15)12(4)8(6-2)9(13)14/h1,8H,6-7H2,2-4H3,(H,13,14). The fourth-order valence-corrected chi connectivity index (χ4v) is 1.22. The van der Waals surface area contributed by atoms with Crippen molar-refractivity contribution in [1.82, 2.24) is 9.80 Å². The number of aliphatic carboxylic acids is 1. The quantitative estimate of drug-likeness (QED) is 0.689. The molecule has 0 fully saturated rings. The molecule has 0 aromatic rings. The molecule has 0 bridgehead atoms. The molecule has 0 aliphatic rings. The van der Waals surface area contributed by atoms with E-state index < -0.39 is 12.0 Å². The number of rotatable bonds is 4. The van der Waals surface area contributed by atoms with Gasteiger partial charge in [-0.3, -0.25) is 0 Å². The van der Waals surface area contributed by atoms with Crippen molar-refractivity contribution in [3.8, 4) is 12.3 Å². The highest BCUT2D eigenvalue weighted by molar-refractivity contribution is 5.82. The molecule has 5 heteroatoms. The number of nitrogens with zero attached hydrogens (tertiary/aromatic N) is 2. The minimum absolute atomic E-state index is 0.166. The van der Waals surface area contributed by atoms with Gasteiger partial charge in [0, 0.05) is 14.1 Å². The SMILES string of the molecule is C#CCN(C)C(=O)N(C)C(CC)C(=O)O. The molecule has 1 N–H and O–H groups in total. The minimum Gasteiger partial charge on any atom is -0.480 e. The number of carbonyl (C=O) groups excluding carboxylic acids is 1. The van der Waals surface area contributed by atoms with E-state index in [1.54, 1.807) is 6.92 Å². The minimum atomic E-state index is -1.01. The molecule has 1 unspecified atom stereocenters. The molecule has 0 heterocycles. The second kappa shape index (κ2) is 5.91. The Bertz CT molecular complexity index is 283. The van der Waals surface area contributed by atoms with Crippen molar-refractivity contribution in [2.24, 2.45) is 0 Å². The third-order valence-electron chi connectivity index (χ3n) is 2.10. The number of hydrogen-bond donors (Lipinski definition) is 1. The zero-order valence-corrected chi connectivity index (χ0v) is 9.23. The molecule has 1 atom stereocenters. The number of carbonyl (C=O) groups is 2. The Hall–Kier alpha value is -1.70. The first-order chi connectivity index (χ1) is 6.95. The maximum absolute atomic E-state index is 11.6. The predicted octanol–water partition coefficient (Wildman–Crippen LogP) is 0.466. The van der Waals surface area contributed by atoms with Gasteiger partial charge < -0.3 is 14.9 Å². The lowest BCUT2D eigenvalue weighted by Crippen LogP contribution is -2.47. The van der Waals surface area contributed by atoms with E-state index in [0.717, 1.165) is 0 Å². The highest BCUT2D eigenvalue weighted by atomic mass is 16.4. The van der Waals surface area contributed by atoms with Crippen LogP contribution in [0.25, 0.3) is 0 Å². The number of urea groups is 1. The molecule has 84 valence electrons. The van der Waals surface area contributed by atoms with Crippen molar-refractivity contribution in [3.63, 3.8) is 0 Å². The van der Waals surface area contributed by atoms with Crippen molar-refractivity contribution in [3.05, 3.63) is 0 Å². The second-order valence-corrected chi connectivity index (χ2v) is 3.22. The lowest BCUT2D eigenvalue weighted by atomic mass is 10.2. The van der Waals surface area contributed by atoms with Crippen LogP contribution in [0.5, 0.6) is 0 Å². The van der Waals surface area contributed by atoms with Crippen LogP contribution in [0.3, 0.4) is 0 Å². The number of hydrogen-bond acceptors (Lipinski definition) is 2. The zero-order chi connectivity index (χ0) is 12.0. The first-order valence-corrected chi connectivity index (χ1v) is 4.59. The molecule has 5 nitrogen and oxygen atoms in total. The van der Waals surface area contributed by atoms with Gasteiger partial charge in [-0.2, -0.15) is 0 Å². The Morgan fingerprint density at radius 3 is 2.33 bits per heavy atom. The predicted molar refractivity (Wildman–Crippen MR) is 56.3 cm³/mol. The molecule has 0 aliphatic heterocycles. The lowest BCUT2D eigenvalue weighted by Gasteiger charge is -2.27. The van der Waals surface area contributed by atoms with E-state index in [2.05, 4.69) is 5.92 Å². The van der Waals surface area contributed by atoms with Gasteiger partial charge in [-0.1, -0.05) is 12.8 Å². The van der Waals surface area contributed by atoms with Gasteiger partial charge in [-0.25, -0.2) is 9.59 Å². The van der Waals surface area contributed by atoms with Crippen molar-refractivity contribution in [2.45, 2.75) is 19.4 Å². The van der Waals surface area contributed by atoms with E-state index in [1.165, 1.54) is 23.9 Å². The molecule has 2 amide bonds. The monoisotopic (exact) mass is 212 g/mol. The third-order valence-corrected chi connectivity index (χ3v) is 2.10. The highest BCUT2D eigenvalue weighted by Gasteiger charge is 2.26. The number of carboxylic acid groups (broad SMARTS) is 1. The van der Waals surface area contributed by atoms with Crippen LogP contribution in [0.15, 0.2) is 0 Å². The maximum atomic E-state index is 11.6. The second-order valence-electron chi connectivity index (χ2n) is 3.22. The highest BCUT2D eigenvalue weighted by Crippen LogP contribution is 2.05. The van der Waals surface area contributed by atoms with Gasteiger partial charge in [-0.05, 0) is 6.42 Å². The van der Waals surface area contributed by atoms with E-state index in [1.807, 2.05) is 0 Å².